The van der Waals surface area contributed by atoms with Gasteiger partial charge in [0.05, 0.1) is 11.7 Å². The van der Waals surface area contributed by atoms with E-state index in [1.807, 2.05) is 0 Å². The van der Waals surface area contributed by atoms with Gasteiger partial charge >= 0.3 is 6.18 Å². The van der Waals surface area contributed by atoms with E-state index in [-0.39, 0.29) is 24.3 Å². The fraction of sp³-hybridized carbons (Fsp3) is 0.227. The molecule has 2 aromatic carbocycles. The minimum Gasteiger partial charge on any atom is -0.351 e. The maximum atomic E-state index is 13.8. The van der Waals surface area contributed by atoms with Crippen LogP contribution in [0, 0.1) is 11.6 Å². The second-order valence-corrected chi connectivity index (χ2v) is 7.42. The summed E-state index contributed by atoms with van der Waals surface area (Å²) in [5.74, 6) is -3.09. The summed E-state index contributed by atoms with van der Waals surface area (Å²) in [6.45, 7) is 1.16. The zero-order valence-electron chi connectivity index (χ0n) is 17.8. The van der Waals surface area contributed by atoms with E-state index in [9.17, 15) is 31.5 Å². The molecule has 0 radical (unpaired) electrons. The van der Waals surface area contributed by atoms with Crippen LogP contribution < -0.4 is 16.4 Å². The van der Waals surface area contributed by atoms with Crippen molar-refractivity contribution in [3.63, 3.8) is 0 Å². The van der Waals surface area contributed by atoms with Crippen molar-refractivity contribution in [3.05, 3.63) is 82.7 Å². The van der Waals surface area contributed by atoms with E-state index in [4.69, 9.17) is 5.73 Å². The van der Waals surface area contributed by atoms with E-state index >= 15 is 0 Å². The van der Waals surface area contributed by atoms with Crippen molar-refractivity contribution in [2.75, 3.05) is 0 Å². The summed E-state index contributed by atoms with van der Waals surface area (Å²) in [5.41, 5.74) is 4.33. The maximum absolute atomic E-state index is 13.8. The monoisotopic (exact) mass is 481 g/mol. The minimum absolute atomic E-state index is 0.0486. The third-order valence-corrected chi connectivity index (χ3v) is 4.72. The van der Waals surface area contributed by atoms with Crippen molar-refractivity contribution >= 4 is 11.8 Å². The number of hydrogen-bond donors (Lipinski definition) is 3. The van der Waals surface area contributed by atoms with E-state index in [0.29, 0.717) is 17.7 Å². The van der Waals surface area contributed by atoms with Crippen LogP contribution in [0.15, 0.2) is 48.5 Å². The van der Waals surface area contributed by atoms with E-state index in [1.165, 1.54) is 25.1 Å². The number of nitrogens with one attached hydrogen (secondary N) is 2. The van der Waals surface area contributed by atoms with Gasteiger partial charge in [-0.3, -0.25) is 9.59 Å². The van der Waals surface area contributed by atoms with Crippen molar-refractivity contribution in [2.24, 2.45) is 5.73 Å². The van der Waals surface area contributed by atoms with Crippen molar-refractivity contribution in [3.8, 4) is 5.69 Å². The van der Waals surface area contributed by atoms with Crippen molar-refractivity contribution < 1.29 is 31.5 Å². The Bertz CT molecular complexity index is 1210. The molecular formula is C22H20F5N5O2. The summed E-state index contributed by atoms with van der Waals surface area (Å²) >= 11 is 0. The number of halogens is 5. The minimum atomic E-state index is -4.83. The lowest BCUT2D eigenvalue weighted by molar-refractivity contribution is -0.141. The SMILES string of the molecule is C[C@H](N)C(=O)NCc1cccc(-n2nc(C(F)(F)F)cc2C(=O)NCc2ccc(F)cc2F)c1. The Kier molecular flexibility index (Phi) is 7.30. The molecule has 7 nitrogen and oxygen atoms in total. The van der Waals surface area contributed by atoms with Crippen molar-refractivity contribution in [2.45, 2.75) is 32.2 Å². The molecule has 34 heavy (non-hydrogen) atoms. The fourth-order valence-corrected chi connectivity index (χ4v) is 2.96. The van der Waals surface area contributed by atoms with Gasteiger partial charge in [0.15, 0.2) is 5.69 Å². The molecular weight excluding hydrogens is 461 g/mol. The van der Waals surface area contributed by atoms with Crippen LogP contribution in [-0.2, 0) is 24.1 Å². The highest BCUT2D eigenvalue weighted by Crippen LogP contribution is 2.29. The number of aromatic nitrogens is 2. The largest absolute Gasteiger partial charge is 0.435 e. The van der Waals surface area contributed by atoms with Crippen molar-refractivity contribution in [1.29, 1.82) is 0 Å². The van der Waals surface area contributed by atoms with Gasteiger partial charge in [-0.2, -0.15) is 18.3 Å². The molecule has 0 spiro atoms. The molecule has 4 N–H and O–H groups in total. The van der Waals surface area contributed by atoms with E-state index in [1.54, 1.807) is 6.07 Å². The third-order valence-electron chi connectivity index (χ3n) is 4.72. The summed E-state index contributed by atoms with van der Waals surface area (Å²) in [6, 6.07) is 8.58. The first-order valence-corrected chi connectivity index (χ1v) is 9.97. The highest BCUT2D eigenvalue weighted by molar-refractivity contribution is 5.93. The smallest absolute Gasteiger partial charge is 0.351 e. The number of carbonyl (C=O) groups is 2. The number of benzene rings is 2. The molecule has 180 valence electrons. The number of alkyl halides is 3. The molecule has 0 bridgehead atoms. The van der Waals surface area contributed by atoms with Gasteiger partial charge in [-0.05, 0) is 30.7 Å². The zero-order chi connectivity index (χ0) is 25.0. The summed E-state index contributed by atoms with van der Waals surface area (Å²) in [5, 5.41) is 8.42. The lowest BCUT2D eigenvalue weighted by Gasteiger charge is -2.11. The molecule has 1 aromatic heterocycles. The molecule has 0 unspecified atom stereocenters. The normalized spacial score (nSPS) is 12.3. The van der Waals surface area contributed by atoms with E-state index in [2.05, 4.69) is 15.7 Å². The number of nitrogens with zero attached hydrogens (tertiary/aromatic N) is 2. The van der Waals surface area contributed by atoms with Crippen LogP contribution in [0.3, 0.4) is 0 Å². The Hall–Kier alpha value is -3.80. The molecule has 1 atom stereocenters. The van der Waals surface area contributed by atoms with Gasteiger partial charge in [-0.25, -0.2) is 13.5 Å². The molecule has 0 fully saturated rings. The highest BCUT2D eigenvalue weighted by atomic mass is 19.4. The number of amides is 2. The summed E-state index contributed by atoms with van der Waals surface area (Å²) in [6.07, 6.45) is -4.83. The van der Waals surface area contributed by atoms with E-state index in [0.717, 1.165) is 16.8 Å². The molecule has 0 saturated carbocycles. The summed E-state index contributed by atoms with van der Waals surface area (Å²) < 4.78 is 67.6. The number of rotatable bonds is 7. The van der Waals surface area contributed by atoms with Crippen molar-refractivity contribution in [1.82, 2.24) is 20.4 Å². The van der Waals surface area contributed by atoms with Gasteiger partial charge in [0.25, 0.3) is 5.91 Å². The van der Waals surface area contributed by atoms with Gasteiger partial charge in [0.1, 0.15) is 17.3 Å². The van der Waals surface area contributed by atoms with E-state index < -0.39 is 47.1 Å². The Morgan fingerprint density at radius 3 is 2.44 bits per heavy atom. The van der Waals surface area contributed by atoms with Crippen LogP contribution in [0.25, 0.3) is 5.69 Å². The first-order valence-electron chi connectivity index (χ1n) is 9.97. The lowest BCUT2D eigenvalue weighted by atomic mass is 10.2. The second kappa shape index (κ2) is 10.00. The molecule has 0 aliphatic heterocycles. The van der Waals surface area contributed by atoms with Crippen LogP contribution in [0.1, 0.15) is 34.2 Å². The molecule has 1 heterocycles. The van der Waals surface area contributed by atoms with Crippen LogP contribution in [0.2, 0.25) is 0 Å². The molecule has 2 amide bonds. The number of carbonyl (C=O) groups excluding carboxylic acids is 2. The lowest BCUT2D eigenvalue weighted by Crippen LogP contribution is -2.37. The molecule has 3 rings (SSSR count). The molecule has 3 aromatic rings. The Morgan fingerprint density at radius 2 is 1.79 bits per heavy atom. The first kappa shape index (κ1) is 24.8. The first-order chi connectivity index (χ1) is 16.0. The van der Waals surface area contributed by atoms with Gasteiger partial charge < -0.3 is 16.4 Å². The Balaban J connectivity index is 1.89. The zero-order valence-corrected chi connectivity index (χ0v) is 17.8. The fourth-order valence-electron chi connectivity index (χ4n) is 2.96. The van der Waals surface area contributed by atoms with Crippen LogP contribution in [0.5, 0.6) is 0 Å². The molecule has 0 aliphatic carbocycles. The predicted octanol–water partition coefficient (Wildman–Crippen LogP) is 3.06. The maximum Gasteiger partial charge on any atom is 0.435 e. The van der Waals surface area contributed by atoms with Crippen LogP contribution in [0.4, 0.5) is 22.0 Å². The standard InChI is InChI=1S/C22H20F5N5O2/c1-12(28)20(33)29-10-13-3-2-4-16(7-13)32-18(9-19(31-32)22(25,26)27)21(34)30-11-14-5-6-15(23)8-17(14)24/h2-9,12H,10-11,28H2,1H3,(H,29,33)(H,30,34)/t12-/m0/s1. The molecule has 12 heteroatoms. The second-order valence-electron chi connectivity index (χ2n) is 7.42. The summed E-state index contributed by atoms with van der Waals surface area (Å²) in [7, 11) is 0. The van der Waals surface area contributed by atoms with Gasteiger partial charge in [-0.1, -0.05) is 18.2 Å². The number of hydrogen-bond acceptors (Lipinski definition) is 4. The third kappa shape index (κ3) is 5.95. The van der Waals surface area contributed by atoms with Crippen LogP contribution in [-0.4, -0.2) is 27.6 Å². The average Bonchev–Trinajstić information content (AvgIpc) is 3.23. The average molecular weight is 481 g/mol. The Morgan fingerprint density at radius 1 is 1.06 bits per heavy atom. The topological polar surface area (TPSA) is 102 Å². The highest BCUT2D eigenvalue weighted by Gasteiger charge is 2.36. The molecule has 0 saturated heterocycles. The van der Waals surface area contributed by atoms with Crippen LogP contribution >= 0.6 is 0 Å². The van der Waals surface area contributed by atoms with Gasteiger partial charge in [-0.15, -0.1) is 0 Å². The Labute approximate surface area is 190 Å². The number of nitrogens with two attached hydrogens (primary N) is 1. The quantitative estimate of drug-likeness (QED) is 0.452. The predicted molar refractivity (Wildman–Crippen MR) is 112 cm³/mol. The van der Waals surface area contributed by atoms with Gasteiger partial charge in [0.2, 0.25) is 5.91 Å². The van der Waals surface area contributed by atoms with Gasteiger partial charge in [0, 0.05) is 30.8 Å². The molecule has 0 aliphatic rings. The summed E-state index contributed by atoms with van der Waals surface area (Å²) in [4.78, 5) is 24.4.